The van der Waals surface area contributed by atoms with Crippen molar-refractivity contribution in [2.24, 2.45) is 5.73 Å². The van der Waals surface area contributed by atoms with Crippen LogP contribution in [-0.4, -0.2) is 26.6 Å². The molecule has 0 aromatic heterocycles. The maximum atomic E-state index is 5.71. The molecule has 2 aliphatic heterocycles. The van der Waals surface area contributed by atoms with Gasteiger partial charge in [0.05, 0.1) is 13.2 Å². The van der Waals surface area contributed by atoms with Crippen LogP contribution in [0, 0.1) is 6.92 Å². The van der Waals surface area contributed by atoms with Crippen LogP contribution in [0.3, 0.4) is 0 Å². The first-order valence-electron chi connectivity index (χ1n) is 5.94. The van der Waals surface area contributed by atoms with Crippen molar-refractivity contribution in [2.75, 3.05) is 26.6 Å². The van der Waals surface area contributed by atoms with Gasteiger partial charge < -0.3 is 19.9 Å². The molecule has 4 nitrogen and oxygen atoms in total. The van der Waals surface area contributed by atoms with E-state index >= 15 is 0 Å². The lowest BCUT2D eigenvalue weighted by molar-refractivity contribution is -0.0634. The molecule has 0 aliphatic carbocycles. The highest BCUT2D eigenvalue weighted by Crippen LogP contribution is 2.43. The third-order valence-corrected chi connectivity index (χ3v) is 3.67. The molecular formula is C13H17NO3. The summed E-state index contributed by atoms with van der Waals surface area (Å²) in [5.74, 6) is 1.68. The Bertz CT molecular complexity index is 441. The minimum Gasteiger partial charge on any atom is -0.454 e. The lowest BCUT2D eigenvalue weighted by Crippen LogP contribution is -2.48. The molecule has 1 saturated heterocycles. The monoisotopic (exact) mass is 235 g/mol. The first kappa shape index (κ1) is 10.9. The van der Waals surface area contributed by atoms with Gasteiger partial charge in [-0.05, 0) is 43.1 Å². The molecule has 0 spiro atoms. The van der Waals surface area contributed by atoms with Gasteiger partial charge in [0.1, 0.15) is 0 Å². The van der Waals surface area contributed by atoms with E-state index in [1.54, 1.807) is 0 Å². The largest absolute Gasteiger partial charge is 0.454 e. The number of nitrogens with two attached hydrogens (primary N) is 1. The normalized spacial score (nSPS) is 20.1. The molecule has 3 rings (SSSR count). The molecule has 92 valence electrons. The minimum atomic E-state index is 0.0831. The molecule has 4 heteroatoms. The van der Waals surface area contributed by atoms with Crippen molar-refractivity contribution in [2.45, 2.75) is 18.8 Å². The Morgan fingerprint density at radius 1 is 1.24 bits per heavy atom. The Morgan fingerprint density at radius 2 is 1.94 bits per heavy atom. The van der Waals surface area contributed by atoms with Gasteiger partial charge in [0, 0.05) is 5.41 Å². The van der Waals surface area contributed by atoms with Crippen LogP contribution in [0.5, 0.6) is 11.5 Å². The summed E-state index contributed by atoms with van der Waals surface area (Å²) in [6.07, 6.45) is 0.952. The van der Waals surface area contributed by atoms with Gasteiger partial charge in [-0.15, -0.1) is 0 Å². The van der Waals surface area contributed by atoms with Crippen LogP contribution in [0.2, 0.25) is 0 Å². The van der Waals surface area contributed by atoms with E-state index in [2.05, 4.69) is 13.0 Å². The van der Waals surface area contributed by atoms with Gasteiger partial charge in [0.15, 0.2) is 11.5 Å². The zero-order valence-electron chi connectivity index (χ0n) is 9.99. The van der Waals surface area contributed by atoms with Crippen LogP contribution in [-0.2, 0) is 10.2 Å². The summed E-state index contributed by atoms with van der Waals surface area (Å²) in [5.41, 5.74) is 8.31. The number of hydrogen-bond acceptors (Lipinski definition) is 4. The van der Waals surface area contributed by atoms with Gasteiger partial charge in [-0.25, -0.2) is 0 Å². The zero-order valence-corrected chi connectivity index (χ0v) is 9.99. The van der Waals surface area contributed by atoms with E-state index < -0.39 is 0 Å². The predicted octanol–water partition coefficient (Wildman–Crippen LogP) is 1.34. The van der Waals surface area contributed by atoms with Crippen LogP contribution in [0.4, 0.5) is 0 Å². The van der Waals surface area contributed by atoms with Gasteiger partial charge in [0.25, 0.3) is 0 Å². The molecule has 1 aromatic rings. The molecule has 0 bridgehead atoms. The number of hydrogen-bond donors (Lipinski definition) is 1. The standard InChI is InChI=1S/C13H17NO3/c1-9-4-11-12(17-8-16-11)5-10(9)13(2-3-14)6-15-7-13/h4-5H,2-3,6-8,14H2,1H3. The highest BCUT2D eigenvalue weighted by atomic mass is 16.7. The van der Waals surface area contributed by atoms with Gasteiger partial charge in [-0.2, -0.15) is 0 Å². The second-order valence-corrected chi connectivity index (χ2v) is 4.83. The third-order valence-electron chi connectivity index (χ3n) is 3.67. The van der Waals surface area contributed by atoms with Crippen LogP contribution in [0.15, 0.2) is 12.1 Å². The fourth-order valence-electron chi connectivity index (χ4n) is 2.67. The number of fused-ring (bicyclic) bond motifs is 1. The van der Waals surface area contributed by atoms with Crippen LogP contribution in [0.1, 0.15) is 17.5 Å². The average molecular weight is 235 g/mol. The predicted molar refractivity (Wildman–Crippen MR) is 63.5 cm³/mol. The molecule has 1 fully saturated rings. The van der Waals surface area contributed by atoms with Crippen molar-refractivity contribution in [3.8, 4) is 11.5 Å². The average Bonchev–Trinajstić information content (AvgIpc) is 2.69. The van der Waals surface area contributed by atoms with Crippen molar-refractivity contribution in [1.82, 2.24) is 0 Å². The fourth-order valence-corrected chi connectivity index (χ4v) is 2.67. The summed E-state index contributed by atoms with van der Waals surface area (Å²) in [4.78, 5) is 0. The Kier molecular flexibility index (Phi) is 2.49. The van der Waals surface area contributed by atoms with E-state index in [1.165, 1.54) is 11.1 Å². The second-order valence-electron chi connectivity index (χ2n) is 4.83. The van der Waals surface area contributed by atoms with Crippen molar-refractivity contribution in [3.05, 3.63) is 23.3 Å². The maximum absolute atomic E-state index is 5.71. The fraction of sp³-hybridized carbons (Fsp3) is 0.538. The van der Waals surface area contributed by atoms with E-state index in [0.717, 1.165) is 31.1 Å². The van der Waals surface area contributed by atoms with Crippen LogP contribution >= 0.6 is 0 Å². The minimum absolute atomic E-state index is 0.0831. The van der Waals surface area contributed by atoms with E-state index in [4.69, 9.17) is 19.9 Å². The van der Waals surface area contributed by atoms with Crippen molar-refractivity contribution in [1.29, 1.82) is 0 Å². The third kappa shape index (κ3) is 1.59. The van der Waals surface area contributed by atoms with Crippen LogP contribution in [0.25, 0.3) is 0 Å². The summed E-state index contributed by atoms with van der Waals surface area (Å²) in [5, 5.41) is 0. The molecule has 0 unspecified atom stereocenters. The van der Waals surface area contributed by atoms with Gasteiger partial charge in [-0.3, -0.25) is 0 Å². The summed E-state index contributed by atoms with van der Waals surface area (Å²) in [6, 6.07) is 4.14. The van der Waals surface area contributed by atoms with Gasteiger partial charge in [-0.1, -0.05) is 0 Å². The van der Waals surface area contributed by atoms with E-state index in [0.29, 0.717) is 13.3 Å². The van der Waals surface area contributed by atoms with E-state index in [1.807, 2.05) is 6.07 Å². The van der Waals surface area contributed by atoms with E-state index in [-0.39, 0.29) is 5.41 Å². The van der Waals surface area contributed by atoms with Crippen LogP contribution < -0.4 is 15.2 Å². The molecule has 0 atom stereocenters. The quantitative estimate of drug-likeness (QED) is 0.859. The first-order chi connectivity index (χ1) is 8.25. The lowest BCUT2D eigenvalue weighted by atomic mass is 9.74. The topological polar surface area (TPSA) is 53.7 Å². The number of rotatable bonds is 3. The molecule has 2 aliphatic rings. The Morgan fingerprint density at radius 3 is 2.53 bits per heavy atom. The smallest absolute Gasteiger partial charge is 0.231 e. The zero-order chi connectivity index (χ0) is 11.9. The summed E-state index contributed by atoms with van der Waals surface area (Å²) >= 11 is 0. The molecule has 2 heterocycles. The number of benzene rings is 1. The molecule has 1 aromatic carbocycles. The Balaban J connectivity index is 2.02. The summed E-state index contributed by atoms with van der Waals surface area (Å²) < 4.78 is 16.2. The summed E-state index contributed by atoms with van der Waals surface area (Å²) in [6.45, 7) is 4.61. The van der Waals surface area contributed by atoms with Gasteiger partial charge in [0.2, 0.25) is 6.79 Å². The van der Waals surface area contributed by atoms with E-state index in [9.17, 15) is 0 Å². The Hall–Kier alpha value is -1.26. The molecule has 17 heavy (non-hydrogen) atoms. The van der Waals surface area contributed by atoms with Gasteiger partial charge >= 0.3 is 0 Å². The molecule has 2 N–H and O–H groups in total. The molecule has 0 radical (unpaired) electrons. The van der Waals surface area contributed by atoms with Crippen molar-refractivity contribution in [3.63, 3.8) is 0 Å². The number of aryl methyl sites for hydroxylation is 1. The maximum Gasteiger partial charge on any atom is 0.231 e. The number of ether oxygens (including phenoxy) is 3. The molecule has 0 amide bonds. The van der Waals surface area contributed by atoms with Crippen molar-refractivity contribution < 1.29 is 14.2 Å². The lowest BCUT2D eigenvalue weighted by Gasteiger charge is -2.42. The second kappa shape index (κ2) is 3.89. The Labute approximate surface area is 101 Å². The highest BCUT2D eigenvalue weighted by Gasteiger charge is 2.41. The van der Waals surface area contributed by atoms with Crippen molar-refractivity contribution >= 4 is 0 Å². The first-order valence-corrected chi connectivity index (χ1v) is 5.94. The highest BCUT2D eigenvalue weighted by molar-refractivity contribution is 5.51. The summed E-state index contributed by atoms with van der Waals surface area (Å²) in [7, 11) is 0. The SMILES string of the molecule is Cc1cc2c(cc1C1(CCN)COC1)OCO2. The molecular weight excluding hydrogens is 218 g/mol. The molecule has 0 saturated carbocycles.